The van der Waals surface area contributed by atoms with E-state index in [0.717, 1.165) is 11.1 Å². The van der Waals surface area contributed by atoms with Gasteiger partial charge in [0.05, 0.1) is 18.4 Å². The molecule has 0 radical (unpaired) electrons. The van der Waals surface area contributed by atoms with E-state index in [0.29, 0.717) is 22.2 Å². The highest BCUT2D eigenvalue weighted by Gasteiger charge is 2.11. The number of aromatic nitrogens is 1. The molecule has 0 amide bonds. The van der Waals surface area contributed by atoms with Crippen molar-refractivity contribution in [1.82, 2.24) is 4.98 Å². The molecule has 0 aliphatic rings. The molecular weight excluding hydrogens is 330 g/mol. The van der Waals surface area contributed by atoms with Crippen LogP contribution in [0.3, 0.4) is 0 Å². The number of aliphatic hydroxyl groups excluding tert-OH is 1. The van der Waals surface area contributed by atoms with Gasteiger partial charge in [-0.1, -0.05) is 23.7 Å². The lowest BCUT2D eigenvalue weighted by Gasteiger charge is -2.03. The van der Waals surface area contributed by atoms with Crippen LogP contribution in [0, 0.1) is 0 Å². The van der Waals surface area contributed by atoms with Gasteiger partial charge in [0.1, 0.15) is 0 Å². The Bertz CT molecular complexity index is 825. The van der Waals surface area contributed by atoms with Crippen LogP contribution in [0.15, 0.2) is 59.1 Å². The van der Waals surface area contributed by atoms with Crippen LogP contribution in [0.5, 0.6) is 0 Å². The Hall–Kier alpha value is -2.63. The fraction of sp³-hybridized carbons (Fsp3) is 0.111. The van der Waals surface area contributed by atoms with Crippen LogP contribution in [-0.2, 0) is 18.0 Å². The second-order valence-corrected chi connectivity index (χ2v) is 5.49. The number of ether oxygens (including phenoxy) is 1. The maximum Gasteiger partial charge on any atom is 0.338 e. The zero-order chi connectivity index (χ0) is 16.9. The van der Waals surface area contributed by atoms with Gasteiger partial charge < -0.3 is 14.3 Å². The molecule has 1 heterocycles. The highest BCUT2D eigenvalue weighted by molar-refractivity contribution is 6.30. The molecule has 1 aromatic heterocycles. The fourth-order valence-electron chi connectivity index (χ4n) is 2.08. The predicted octanol–water partition coefficient (Wildman–Crippen LogP) is 3.84. The Balaban J connectivity index is 1.62. The first kappa shape index (κ1) is 16.2. The van der Waals surface area contributed by atoms with Crippen molar-refractivity contribution < 1.29 is 19.1 Å². The molecule has 0 unspecified atom stereocenters. The Morgan fingerprint density at radius 3 is 2.50 bits per heavy atom. The van der Waals surface area contributed by atoms with Gasteiger partial charge in [0.2, 0.25) is 5.89 Å². The number of benzene rings is 2. The van der Waals surface area contributed by atoms with Crippen molar-refractivity contribution in [2.24, 2.45) is 0 Å². The summed E-state index contributed by atoms with van der Waals surface area (Å²) in [5.74, 6) is 0.399. The van der Waals surface area contributed by atoms with Crippen molar-refractivity contribution in [3.05, 3.63) is 76.8 Å². The molecule has 0 bridgehead atoms. The number of nitrogens with zero attached hydrogens (tertiary/aromatic N) is 1. The highest BCUT2D eigenvalue weighted by atomic mass is 35.5. The van der Waals surface area contributed by atoms with Crippen molar-refractivity contribution in [1.29, 1.82) is 0 Å². The van der Waals surface area contributed by atoms with Crippen molar-refractivity contribution in [2.45, 2.75) is 13.2 Å². The minimum atomic E-state index is -0.481. The van der Waals surface area contributed by atoms with E-state index < -0.39 is 5.97 Å². The van der Waals surface area contributed by atoms with Gasteiger partial charge in [-0.3, -0.25) is 0 Å². The third-order valence-electron chi connectivity index (χ3n) is 3.38. The van der Waals surface area contributed by atoms with Gasteiger partial charge in [-0.05, 0) is 42.0 Å². The number of hydrogen-bond donors (Lipinski definition) is 1. The molecule has 3 rings (SSSR count). The molecule has 3 aromatic rings. The Morgan fingerprint density at radius 2 is 1.83 bits per heavy atom. The largest absolute Gasteiger partial charge is 0.452 e. The van der Waals surface area contributed by atoms with E-state index in [1.807, 2.05) is 12.1 Å². The van der Waals surface area contributed by atoms with Crippen molar-refractivity contribution >= 4 is 17.6 Å². The Morgan fingerprint density at radius 1 is 1.12 bits per heavy atom. The highest BCUT2D eigenvalue weighted by Crippen LogP contribution is 2.22. The van der Waals surface area contributed by atoms with E-state index >= 15 is 0 Å². The molecule has 0 fully saturated rings. The standard InChI is InChI=1S/C18H14ClNO4/c19-15-7-5-13(6-8-15)16-9-20-17(24-16)11-23-18(22)14-3-1-12(10-21)2-4-14/h1-9,21H,10-11H2. The second-order valence-electron chi connectivity index (χ2n) is 5.06. The number of halogens is 1. The molecule has 24 heavy (non-hydrogen) atoms. The normalized spacial score (nSPS) is 10.6. The van der Waals surface area contributed by atoms with Crippen molar-refractivity contribution in [3.8, 4) is 11.3 Å². The minimum Gasteiger partial charge on any atom is -0.452 e. The van der Waals surface area contributed by atoms with Gasteiger partial charge in [-0.15, -0.1) is 0 Å². The molecule has 0 saturated carbocycles. The minimum absolute atomic E-state index is 0.0613. The quantitative estimate of drug-likeness (QED) is 0.712. The maximum absolute atomic E-state index is 12.0. The summed E-state index contributed by atoms with van der Waals surface area (Å²) in [5, 5.41) is 9.62. The topological polar surface area (TPSA) is 72.6 Å². The molecule has 0 spiro atoms. The molecule has 0 atom stereocenters. The summed E-state index contributed by atoms with van der Waals surface area (Å²) < 4.78 is 10.7. The number of esters is 1. The molecule has 1 N–H and O–H groups in total. The summed E-state index contributed by atoms with van der Waals surface area (Å²) in [6, 6.07) is 13.7. The summed E-state index contributed by atoms with van der Waals surface area (Å²) >= 11 is 5.85. The van der Waals surface area contributed by atoms with Gasteiger partial charge in [0, 0.05) is 10.6 Å². The van der Waals surface area contributed by atoms with Crippen LogP contribution in [0.25, 0.3) is 11.3 Å². The van der Waals surface area contributed by atoms with Gasteiger partial charge >= 0.3 is 5.97 Å². The first-order chi connectivity index (χ1) is 11.7. The Kier molecular flexibility index (Phi) is 4.93. The van der Waals surface area contributed by atoms with Gasteiger partial charge in [0.25, 0.3) is 0 Å². The van der Waals surface area contributed by atoms with Gasteiger partial charge in [-0.25, -0.2) is 9.78 Å². The summed E-state index contributed by atoms with van der Waals surface area (Å²) in [4.78, 5) is 16.1. The number of rotatable bonds is 5. The number of carbonyl (C=O) groups excluding carboxylic acids is 1. The van der Waals surface area contributed by atoms with E-state index in [1.54, 1.807) is 42.6 Å². The van der Waals surface area contributed by atoms with E-state index in [2.05, 4.69) is 4.98 Å². The smallest absolute Gasteiger partial charge is 0.338 e. The number of carbonyl (C=O) groups is 1. The summed E-state index contributed by atoms with van der Waals surface area (Å²) in [5.41, 5.74) is 1.97. The van der Waals surface area contributed by atoms with Gasteiger partial charge in [-0.2, -0.15) is 0 Å². The molecule has 2 aromatic carbocycles. The summed E-state index contributed by atoms with van der Waals surface area (Å²) in [6.07, 6.45) is 1.57. The SMILES string of the molecule is O=C(OCc1ncc(-c2ccc(Cl)cc2)o1)c1ccc(CO)cc1. The molecule has 0 aliphatic carbocycles. The van der Waals surface area contributed by atoms with E-state index in [1.165, 1.54) is 0 Å². The Labute approximate surface area is 143 Å². The summed E-state index contributed by atoms with van der Waals surface area (Å²) in [7, 11) is 0. The van der Waals surface area contributed by atoms with E-state index in [-0.39, 0.29) is 13.2 Å². The maximum atomic E-state index is 12.0. The molecule has 5 nitrogen and oxygen atoms in total. The second kappa shape index (κ2) is 7.29. The fourth-order valence-corrected chi connectivity index (χ4v) is 2.21. The lowest BCUT2D eigenvalue weighted by atomic mass is 10.1. The van der Waals surface area contributed by atoms with Crippen LogP contribution >= 0.6 is 11.6 Å². The van der Waals surface area contributed by atoms with Crippen LogP contribution < -0.4 is 0 Å². The monoisotopic (exact) mass is 343 g/mol. The zero-order valence-electron chi connectivity index (χ0n) is 12.6. The lowest BCUT2D eigenvalue weighted by molar-refractivity contribution is 0.0439. The third-order valence-corrected chi connectivity index (χ3v) is 3.63. The first-order valence-corrected chi connectivity index (χ1v) is 7.61. The average molecular weight is 344 g/mol. The van der Waals surface area contributed by atoms with E-state index in [9.17, 15) is 4.79 Å². The van der Waals surface area contributed by atoms with Crippen LogP contribution in [0.4, 0.5) is 0 Å². The van der Waals surface area contributed by atoms with Crippen molar-refractivity contribution in [3.63, 3.8) is 0 Å². The molecule has 0 aliphatic heterocycles. The van der Waals surface area contributed by atoms with Crippen LogP contribution in [-0.4, -0.2) is 16.1 Å². The van der Waals surface area contributed by atoms with Crippen LogP contribution in [0.2, 0.25) is 5.02 Å². The number of oxazole rings is 1. The van der Waals surface area contributed by atoms with Gasteiger partial charge in [0.15, 0.2) is 12.4 Å². The molecule has 6 heteroatoms. The van der Waals surface area contributed by atoms with E-state index in [4.69, 9.17) is 25.9 Å². The number of aliphatic hydroxyl groups is 1. The average Bonchev–Trinajstić information content (AvgIpc) is 3.09. The molecule has 122 valence electrons. The third kappa shape index (κ3) is 3.82. The molecule has 0 saturated heterocycles. The zero-order valence-corrected chi connectivity index (χ0v) is 13.4. The molecular formula is C18H14ClNO4. The lowest BCUT2D eigenvalue weighted by Crippen LogP contribution is -2.05. The van der Waals surface area contributed by atoms with Crippen LogP contribution in [0.1, 0.15) is 21.8 Å². The summed E-state index contributed by atoms with van der Waals surface area (Å²) in [6.45, 7) is -0.132. The first-order valence-electron chi connectivity index (χ1n) is 7.23. The number of hydrogen-bond acceptors (Lipinski definition) is 5. The predicted molar refractivity (Wildman–Crippen MR) is 88.4 cm³/mol. The van der Waals surface area contributed by atoms with Crippen molar-refractivity contribution in [2.75, 3.05) is 0 Å².